The fourth-order valence-electron chi connectivity index (χ4n) is 1.88. The predicted molar refractivity (Wildman–Crippen MR) is 85.6 cm³/mol. The van der Waals surface area contributed by atoms with Crippen molar-refractivity contribution in [1.82, 2.24) is 10.3 Å². The van der Waals surface area contributed by atoms with Crippen molar-refractivity contribution in [2.24, 2.45) is 0 Å². The Bertz CT molecular complexity index is 410. The average Bonchev–Trinajstić information content (AvgIpc) is 2.38. The number of nitrogens with zero attached hydrogens (tertiary/aromatic N) is 2. The molecular formula is C15H26ClN3O. The van der Waals surface area contributed by atoms with Crippen LogP contribution in [-0.4, -0.2) is 37.3 Å². The number of ether oxygens (including phenoxy) is 1. The van der Waals surface area contributed by atoms with Gasteiger partial charge in [0.05, 0.1) is 17.3 Å². The van der Waals surface area contributed by atoms with E-state index < -0.39 is 0 Å². The number of aromatic nitrogens is 1. The first-order chi connectivity index (χ1) is 9.45. The summed E-state index contributed by atoms with van der Waals surface area (Å²) in [6.07, 6.45) is 0. The Morgan fingerprint density at radius 2 is 2.00 bits per heavy atom. The fraction of sp³-hybridized carbons (Fsp3) is 0.667. The van der Waals surface area contributed by atoms with E-state index >= 15 is 0 Å². The number of methoxy groups -OCH3 is 1. The van der Waals surface area contributed by atoms with Crippen molar-refractivity contribution in [1.29, 1.82) is 0 Å². The molecule has 0 saturated carbocycles. The molecule has 0 radical (unpaired) electrons. The van der Waals surface area contributed by atoms with Gasteiger partial charge in [0.15, 0.2) is 0 Å². The van der Waals surface area contributed by atoms with Gasteiger partial charge in [-0.2, -0.15) is 0 Å². The molecule has 0 aliphatic rings. The van der Waals surface area contributed by atoms with Crippen molar-refractivity contribution in [3.8, 4) is 0 Å². The van der Waals surface area contributed by atoms with Crippen LogP contribution < -0.4 is 10.2 Å². The normalized spacial score (nSPS) is 11.4. The van der Waals surface area contributed by atoms with E-state index in [0.717, 1.165) is 18.1 Å². The maximum atomic E-state index is 6.22. The summed E-state index contributed by atoms with van der Waals surface area (Å²) in [6, 6.07) is 4.66. The van der Waals surface area contributed by atoms with E-state index in [2.05, 4.69) is 37.9 Å². The zero-order valence-corrected chi connectivity index (χ0v) is 13.9. The molecule has 1 aromatic rings. The molecule has 0 aliphatic carbocycles. The SMILES string of the molecule is COCCN(c1ccc(Cl)c(CNC(C)C)n1)C(C)C. The fourth-order valence-corrected chi connectivity index (χ4v) is 2.06. The molecule has 0 aromatic carbocycles. The Morgan fingerprint density at radius 1 is 1.30 bits per heavy atom. The molecule has 0 fully saturated rings. The molecule has 0 bridgehead atoms. The van der Waals surface area contributed by atoms with Gasteiger partial charge in [-0.15, -0.1) is 0 Å². The Labute approximate surface area is 127 Å². The molecule has 1 rings (SSSR count). The van der Waals surface area contributed by atoms with Crippen molar-refractivity contribution in [2.45, 2.75) is 46.3 Å². The zero-order valence-electron chi connectivity index (χ0n) is 13.1. The summed E-state index contributed by atoms with van der Waals surface area (Å²) in [5.74, 6) is 0.946. The lowest BCUT2D eigenvalue weighted by Gasteiger charge is -2.28. The number of halogens is 1. The van der Waals surface area contributed by atoms with Crippen LogP contribution in [0.4, 0.5) is 5.82 Å². The topological polar surface area (TPSA) is 37.4 Å². The molecule has 0 unspecified atom stereocenters. The third-order valence-electron chi connectivity index (χ3n) is 3.04. The van der Waals surface area contributed by atoms with Crippen LogP contribution in [0, 0.1) is 0 Å². The number of hydrogen-bond acceptors (Lipinski definition) is 4. The Hall–Kier alpha value is -0.840. The number of anilines is 1. The first-order valence-corrected chi connectivity index (χ1v) is 7.47. The summed E-state index contributed by atoms with van der Waals surface area (Å²) < 4.78 is 5.17. The van der Waals surface area contributed by atoms with Crippen LogP contribution in [0.1, 0.15) is 33.4 Å². The molecule has 1 aromatic heterocycles. The van der Waals surface area contributed by atoms with Crippen LogP contribution in [0.2, 0.25) is 5.02 Å². The average molecular weight is 300 g/mol. The number of rotatable bonds is 8. The first-order valence-electron chi connectivity index (χ1n) is 7.10. The summed E-state index contributed by atoms with van der Waals surface area (Å²) >= 11 is 6.22. The van der Waals surface area contributed by atoms with E-state index in [0.29, 0.717) is 30.3 Å². The lowest BCUT2D eigenvalue weighted by Crippen LogP contribution is -2.34. The number of hydrogen-bond donors (Lipinski definition) is 1. The zero-order chi connectivity index (χ0) is 15.1. The van der Waals surface area contributed by atoms with Crippen molar-refractivity contribution in [2.75, 3.05) is 25.2 Å². The standard InChI is InChI=1S/C15H26ClN3O/c1-11(2)17-10-14-13(16)6-7-15(18-14)19(12(3)4)8-9-20-5/h6-7,11-12,17H,8-10H2,1-5H3. The summed E-state index contributed by atoms with van der Waals surface area (Å²) in [4.78, 5) is 6.92. The van der Waals surface area contributed by atoms with E-state index in [-0.39, 0.29) is 0 Å². The molecule has 0 atom stereocenters. The minimum absolute atomic E-state index is 0.365. The Morgan fingerprint density at radius 3 is 2.55 bits per heavy atom. The minimum atomic E-state index is 0.365. The molecule has 1 heterocycles. The Balaban J connectivity index is 2.90. The smallest absolute Gasteiger partial charge is 0.129 e. The molecule has 4 nitrogen and oxygen atoms in total. The largest absolute Gasteiger partial charge is 0.383 e. The molecule has 0 spiro atoms. The Kier molecular flexibility index (Phi) is 7.27. The van der Waals surface area contributed by atoms with Gasteiger partial charge < -0.3 is 15.0 Å². The molecule has 5 heteroatoms. The van der Waals surface area contributed by atoms with Crippen LogP contribution in [0.3, 0.4) is 0 Å². The van der Waals surface area contributed by atoms with Crippen molar-refractivity contribution >= 4 is 17.4 Å². The molecule has 0 saturated heterocycles. The number of pyridine rings is 1. The molecular weight excluding hydrogens is 274 g/mol. The predicted octanol–water partition coefficient (Wildman–Crippen LogP) is 3.09. The summed E-state index contributed by atoms with van der Waals surface area (Å²) in [5.41, 5.74) is 0.890. The van der Waals surface area contributed by atoms with Crippen LogP contribution in [0.15, 0.2) is 12.1 Å². The quantitative estimate of drug-likeness (QED) is 0.800. The summed E-state index contributed by atoms with van der Waals surface area (Å²) in [6.45, 7) is 10.7. The van der Waals surface area contributed by atoms with Gasteiger partial charge in [0, 0.05) is 32.3 Å². The lowest BCUT2D eigenvalue weighted by atomic mass is 10.2. The van der Waals surface area contributed by atoms with Crippen molar-refractivity contribution in [3.63, 3.8) is 0 Å². The maximum absolute atomic E-state index is 6.22. The molecule has 20 heavy (non-hydrogen) atoms. The molecule has 1 N–H and O–H groups in total. The van der Waals surface area contributed by atoms with Gasteiger partial charge in [0.2, 0.25) is 0 Å². The monoisotopic (exact) mass is 299 g/mol. The van der Waals surface area contributed by atoms with Gasteiger partial charge in [-0.05, 0) is 26.0 Å². The van der Waals surface area contributed by atoms with Crippen LogP contribution in [-0.2, 0) is 11.3 Å². The van der Waals surface area contributed by atoms with Gasteiger partial charge in [0.1, 0.15) is 5.82 Å². The third kappa shape index (κ3) is 5.27. The summed E-state index contributed by atoms with van der Waals surface area (Å²) in [5, 5.41) is 4.06. The minimum Gasteiger partial charge on any atom is -0.383 e. The van der Waals surface area contributed by atoms with Crippen LogP contribution in [0.25, 0.3) is 0 Å². The van der Waals surface area contributed by atoms with Gasteiger partial charge in [-0.25, -0.2) is 4.98 Å². The lowest BCUT2D eigenvalue weighted by molar-refractivity contribution is 0.203. The van der Waals surface area contributed by atoms with Gasteiger partial charge in [-0.3, -0.25) is 0 Å². The van der Waals surface area contributed by atoms with E-state index in [9.17, 15) is 0 Å². The molecule has 0 amide bonds. The second-order valence-electron chi connectivity index (χ2n) is 5.41. The van der Waals surface area contributed by atoms with E-state index in [1.165, 1.54) is 0 Å². The second kappa shape index (κ2) is 8.45. The van der Waals surface area contributed by atoms with E-state index in [1.807, 2.05) is 12.1 Å². The van der Waals surface area contributed by atoms with E-state index in [1.54, 1.807) is 7.11 Å². The number of nitrogens with one attached hydrogen (secondary N) is 1. The summed E-state index contributed by atoms with van der Waals surface area (Å²) in [7, 11) is 1.71. The molecule has 0 aliphatic heterocycles. The highest BCUT2D eigenvalue weighted by molar-refractivity contribution is 6.31. The van der Waals surface area contributed by atoms with Crippen LogP contribution in [0.5, 0.6) is 0 Å². The highest BCUT2D eigenvalue weighted by atomic mass is 35.5. The first kappa shape index (κ1) is 17.2. The van der Waals surface area contributed by atoms with Gasteiger partial charge in [-0.1, -0.05) is 25.4 Å². The van der Waals surface area contributed by atoms with Gasteiger partial charge >= 0.3 is 0 Å². The van der Waals surface area contributed by atoms with Crippen molar-refractivity contribution < 1.29 is 4.74 Å². The van der Waals surface area contributed by atoms with Crippen molar-refractivity contribution in [3.05, 3.63) is 22.8 Å². The highest BCUT2D eigenvalue weighted by Crippen LogP contribution is 2.21. The molecule has 114 valence electrons. The van der Waals surface area contributed by atoms with E-state index in [4.69, 9.17) is 21.3 Å². The van der Waals surface area contributed by atoms with Crippen LogP contribution >= 0.6 is 11.6 Å². The van der Waals surface area contributed by atoms with Gasteiger partial charge in [0.25, 0.3) is 0 Å². The highest BCUT2D eigenvalue weighted by Gasteiger charge is 2.13. The third-order valence-corrected chi connectivity index (χ3v) is 3.38. The maximum Gasteiger partial charge on any atom is 0.129 e. The second-order valence-corrected chi connectivity index (χ2v) is 5.82.